The van der Waals surface area contributed by atoms with Crippen molar-refractivity contribution < 1.29 is 28.2 Å². The molecule has 7 heteroatoms. The Hall–Kier alpha value is -0.763. The quantitative estimate of drug-likeness (QED) is 0.340. The zero-order valence-electron chi connectivity index (χ0n) is 20.9. The SMILES string of the molecule is COCO[C@@H]1CC[C@@H](O[Si](C)(C)C(C)(C)C)[C@]2(C)CC(=O)[C@@]3(C)CC(=O)OC[C@@]3(C)[C@@H]12. The third-order valence-corrected chi connectivity index (χ3v) is 13.8. The van der Waals surface area contributed by atoms with Crippen molar-refractivity contribution in [1.29, 1.82) is 0 Å². The van der Waals surface area contributed by atoms with Crippen molar-refractivity contribution in [2.45, 2.75) is 97.6 Å². The van der Waals surface area contributed by atoms with E-state index < -0.39 is 19.1 Å². The summed E-state index contributed by atoms with van der Waals surface area (Å²) in [6.45, 7) is 18.0. The van der Waals surface area contributed by atoms with Crippen molar-refractivity contribution in [3.63, 3.8) is 0 Å². The largest absolute Gasteiger partial charge is 0.465 e. The smallest absolute Gasteiger partial charge is 0.306 e. The standard InChI is InChI=1S/C24H42O6Si/c1-21(2,3)31(8,9)30-18-11-10-16(29-15-27-7)20-22(18,4)12-17(25)23(5)13-19(26)28-14-24(20,23)6/h16,18,20H,10-15H2,1-9H3/t16-,18-,20+,22+,23-,24+/m1/s1. The molecule has 3 fully saturated rings. The number of esters is 1. The van der Waals surface area contributed by atoms with Gasteiger partial charge in [-0.3, -0.25) is 9.59 Å². The minimum Gasteiger partial charge on any atom is -0.465 e. The lowest BCUT2D eigenvalue weighted by Gasteiger charge is -2.66. The highest BCUT2D eigenvalue weighted by atomic mass is 28.4. The summed E-state index contributed by atoms with van der Waals surface area (Å²) in [4.78, 5) is 25.9. The van der Waals surface area contributed by atoms with E-state index in [1.165, 1.54) is 0 Å². The van der Waals surface area contributed by atoms with Gasteiger partial charge < -0.3 is 18.6 Å². The maximum atomic E-state index is 13.7. The van der Waals surface area contributed by atoms with Gasteiger partial charge in [-0.1, -0.05) is 41.5 Å². The van der Waals surface area contributed by atoms with Gasteiger partial charge in [-0.2, -0.15) is 0 Å². The van der Waals surface area contributed by atoms with Crippen LogP contribution in [0.25, 0.3) is 0 Å². The van der Waals surface area contributed by atoms with Crippen LogP contribution in [0, 0.1) is 22.2 Å². The van der Waals surface area contributed by atoms with Gasteiger partial charge in [0.1, 0.15) is 12.6 Å². The molecule has 3 rings (SSSR count). The first-order valence-electron chi connectivity index (χ1n) is 11.6. The van der Waals surface area contributed by atoms with E-state index in [2.05, 4.69) is 47.7 Å². The van der Waals surface area contributed by atoms with Crippen molar-refractivity contribution in [3.05, 3.63) is 0 Å². The molecule has 1 aliphatic heterocycles. The van der Waals surface area contributed by atoms with Crippen molar-refractivity contribution >= 4 is 20.1 Å². The highest BCUT2D eigenvalue weighted by Crippen LogP contribution is 2.66. The van der Waals surface area contributed by atoms with Crippen LogP contribution in [-0.2, 0) is 28.2 Å². The van der Waals surface area contributed by atoms with Gasteiger partial charge in [-0.25, -0.2) is 0 Å². The summed E-state index contributed by atoms with van der Waals surface area (Å²) in [7, 11) is -0.416. The minimum atomic E-state index is -2.04. The van der Waals surface area contributed by atoms with Crippen LogP contribution in [-0.4, -0.2) is 52.8 Å². The molecule has 6 atom stereocenters. The predicted molar refractivity (Wildman–Crippen MR) is 121 cm³/mol. The maximum absolute atomic E-state index is 13.7. The molecule has 178 valence electrons. The summed E-state index contributed by atoms with van der Waals surface area (Å²) < 4.78 is 24.0. The number of Topliss-reactive ketones (excluding diaryl/α,β-unsaturated/α-hetero) is 1. The average Bonchev–Trinajstić information content (AvgIpc) is 2.63. The van der Waals surface area contributed by atoms with E-state index in [1.54, 1.807) is 7.11 Å². The fourth-order valence-electron chi connectivity index (χ4n) is 6.18. The van der Waals surface area contributed by atoms with Crippen LogP contribution in [0.4, 0.5) is 0 Å². The molecule has 2 saturated carbocycles. The number of carbonyl (C=O) groups excluding carboxylic acids is 2. The second-order valence-corrected chi connectivity index (χ2v) is 17.0. The van der Waals surface area contributed by atoms with Gasteiger partial charge in [-0.05, 0) is 31.0 Å². The van der Waals surface area contributed by atoms with Crippen LogP contribution in [0.1, 0.15) is 67.2 Å². The molecule has 0 amide bonds. The van der Waals surface area contributed by atoms with Crippen LogP contribution >= 0.6 is 0 Å². The summed E-state index contributed by atoms with van der Waals surface area (Å²) in [6, 6.07) is 0. The van der Waals surface area contributed by atoms with E-state index in [0.29, 0.717) is 6.42 Å². The molecule has 0 spiro atoms. The Morgan fingerprint density at radius 2 is 1.74 bits per heavy atom. The zero-order valence-corrected chi connectivity index (χ0v) is 21.9. The molecule has 0 aromatic rings. The summed E-state index contributed by atoms with van der Waals surface area (Å²) in [5.74, 6) is -0.104. The Kier molecular flexibility index (Phi) is 6.36. The van der Waals surface area contributed by atoms with Crippen LogP contribution in [0.2, 0.25) is 18.1 Å². The number of rotatable bonds is 5. The van der Waals surface area contributed by atoms with Crippen LogP contribution in [0.3, 0.4) is 0 Å². The van der Waals surface area contributed by atoms with Crippen LogP contribution < -0.4 is 0 Å². The summed E-state index contributed by atoms with van der Waals surface area (Å²) in [5, 5.41) is 0.0831. The number of carbonyl (C=O) groups is 2. The maximum Gasteiger partial charge on any atom is 0.306 e. The fourth-order valence-corrected chi connectivity index (χ4v) is 7.63. The molecule has 0 aromatic heterocycles. The average molecular weight is 455 g/mol. The number of hydrogen-bond donors (Lipinski definition) is 0. The Labute approximate surface area is 188 Å². The Bertz CT molecular complexity index is 730. The van der Waals surface area contributed by atoms with Gasteiger partial charge in [0.15, 0.2) is 8.32 Å². The molecule has 0 N–H and O–H groups in total. The molecule has 0 unspecified atom stereocenters. The molecule has 0 bridgehead atoms. The number of ether oxygens (including phenoxy) is 3. The molecule has 1 saturated heterocycles. The molecule has 3 aliphatic rings. The number of methoxy groups -OCH3 is 1. The van der Waals surface area contributed by atoms with E-state index in [-0.39, 0.29) is 60.2 Å². The molecule has 6 nitrogen and oxygen atoms in total. The first-order valence-corrected chi connectivity index (χ1v) is 14.5. The number of hydrogen-bond acceptors (Lipinski definition) is 6. The topological polar surface area (TPSA) is 71.1 Å². The molecule has 31 heavy (non-hydrogen) atoms. The molecular weight excluding hydrogens is 412 g/mol. The monoisotopic (exact) mass is 454 g/mol. The van der Waals surface area contributed by atoms with E-state index in [9.17, 15) is 9.59 Å². The second-order valence-electron chi connectivity index (χ2n) is 12.2. The van der Waals surface area contributed by atoms with E-state index in [4.69, 9.17) is 18.6 Å². The highest BCUT2D eigenvalue weighted by molar-refractivity contribution is 6.74. The predicted octanol–water partition coefficient (Wildman–Crippen LogP) is 4.71. The summed E-state index contributed by atoms with van der Waals surface area (Å²) >= 11 is 0. The van der Waals surface area contributed by atoms with Gasteiger partial charge in [0.25, 0.3) is 0 Å². The van der Waals surface area contributed by atoms with E-state index >= 15 is 0 Å². The molecule has 1 heterocycles. The summed E-state index contributed by atoms with van der Waals surface area (Å²) in [6.07, 6.45) is 2.15. The fraction of sp³-hybridized carbons (Fsp3) is 0.917. The third kappa shape index (κ3) is 3.83. The minimum absolute atomic E-state index is 0.0227. The first-order chi connectivity index (χ1) is 14.1. The van der Waals surface area contributed by atoms with Crippen molar-refractivity contribution in [2.24, 2.45) is 22.2 Å². The van der Waals surface area contributed by atoms with Crippen molar-refractivity contribution in [2.75, 3.05) is 20.5 Å². The molecular formula is C24H42O6Si. The molecule has 0 aromatic carbocycles. The lowest BCUT2D eigenvalue weighted by Crippen LogP contribution is -2.70. The normalized spacial score (nSPS) is 41.4. The zero-order chi connectivity index (χ0) is 23.5. The summed E-state index contributed by atoms with van der Waals surface area (Å²) in [5.41, 5.74) is -1.65. The van der Waals surface area contributed by atoms with Gasteiger partial charge in [-0.15, -0.1) is 0 Å². The Morgan fingerprint density at radius 3 is 2.32 bits per heavy atom. The molecule has 2 aliphatic carbocycles. The Morgan fingerprint density at radius 1 is 1.10 bits per heavy atom. The van der Waals surface area contributed by atoms with Crippen LogP contribution in [0.15, 0.2) is 0 Å². The number of ketones is 1. The lowest BCUT2D eigenvalue weighted by atomic mass is 9.40. The third-order valence-electron chi connectivity index (χ3n) is 9.31. The van der Waals surface area contributed by atoms with Gasteiger partial charge in [0.2, 0.25) is 0 Å². The Balaban J connectivity index is 2.07. The van der Waals surface area contributed by atoms with Crippen molar-refractivity contribution in [1.82, 2.24) is 0 Å². The second kappa shape index (κ2) is 7.92. The lowest BCUT2D eigenvalue weighted by molar-refractivity contribution is -0.249. The van der Waals surface area contributed by atoms with E-state index in [0.717, 1.165) is 12.8 Å². The first kappa shape index (κ1) is 24.9. The molecule has 0 radical (unpaired) electrons. The van der Waals surface area contributed by atoms with Crippen LogP contribution in [0.5, 0.6) is 0 Å². The van der Waals surface area contributed by atoms with Crippen molar-refractivity contribution in [3.8, 4) is 0 Å². The number of cyclic esters (lactones) is 1. The van der Waals surface area contributed by atoms with Gasteiger partial charge in [0.05, 0.1) is 25.2 Å². The highest BCUT2D eigenvalue weighted by Gasteiger charge is 2.70. The van der Waals surface area contributed by atoms with E-state index in [1.807, 2.05) is 6.92 Å². The van der Waals surface area contributed by atoms with Gasteiger partial charge in [0, 0.05) is 35.7 Å². The number of fused-ring (bicyclic) bond motifs is 3. The van der Waals surface area contributed by atoms with Gasteiger partial charge >= 0.3 is 5.97 Å².